The lowest BCUT2D eigenvalue weighted by Gasteiger charge is -2.40. The molecule has 1 aliphatic rings. The van der Waals surface area contributed by atoms with E-state index >= 15 is 0 Å². The van der Waals surface area contributed by atoms with E-state index in [-0.39, 0.29) is 23.3 Å². The van der Waals surface area contributed by atoms with Gasteiger partial charge in [-0.2, -0.15) is 0 Å². The molecular weight excluding hydrogens is 455 g/mol. The molecule has 1 saturated heterocycles. The third-order valence-electron chi connectivity index (χ3n) is 7.49. The van der Waals surface area contributed by atoms with Gasteiger partial charge in [0.1, 0.15) is 11.9 Å². The molecule has 4 rings (SSSR count). The van der Waals surface area contributed by atoms with E-state index in [1.165, 1.54) is 13.2 Å². The van der Waals surface area contributed by atoms with Crippen LogP contribution in [0.4, 0.5) is 4.39 Å². The number of hydrogen-bond acceptors (Lipinski definition) is 4. The van der Waals surface area contributed by atoms with Crippen LogP contribution in [0.3, 0.4) is 0 Å². The van der Waals surface area contributed by atoms with Crippen LogP contribution in [-0.2, 0) is 10.2 Å². The largest absolute Gasteiger partial charge is 0.494 e. The number of primary amides is 1. The summed E-state index contributed by atoms with van der Waals surface area (Å²) < 4.78 is 25.0. The minimum absolute atomic E-state index is 0.0106. The number of ether oxygens (including phenoxy) is 2. The van der Waals surface area contributed by atoms with E-state index in [1.807, 2.05) is 60.7 Å². The molecule has 5 nitrogen and oxygen atoms in total. The highest BCUT2D eigenvalue weighted by Gasteiger charge is 2.43. The Morgan fingerprint density at radius 2 is 1.61 bits per heavy atom. The lowest BCUT2D eigenvalue weighted by molar-refractivity contribution is -0.122. The minimum atomic E-state index is -0.917. The van der Waals surface area contributed by atoms with Gasteiger partial charge in [0.15, 0.2) is 11.6 Å². The number of likely N-dealkylation sites (tertiary alicyclic amines) is 1. The van der Waals surface area contributed by atoms with E-state index in [0.29, 0.717) is 12.2 Å². The van der Waals surface area contributed by atoms with Gasteiger partial charge in [-0.1, -0.05) is 60.7 Å². The zero-order chi connectivity index (χ0) is 25.8. The van der Waals surface area contributed by atoms with Crippen LogP contribution < -0.4 is 15.2 Å². The average molecular weight is 491 g/mol. The van der Waals surface area contributed by atoms with Crippen molar-refractivity contribution >= 4 is 5.91 Å². The Kier molecular flexibility index (Phi) is 7.65. The maximum absolute atomic E-state index is 13.8. The van der Waals surface area contributed by atoms with Crippen molar-refractivity contribution in [2.24, 2.45) is 5.73 Å². The highest BCUT2D eigenvalue weighted by atomic mass is 19.1. The molecular formula is C30H35FN2O3. The highest BCUT2D eigenvalue weighted by molar-refractivity contribution is 5.90. The predicted molar refractivity (Wildman–Crippen MR) is 140 cm³/mol. The molecule has 0 saturated carbocycles. The number of halogens is 1. The molecule has 0 aromatic heterocycles. The normalized spacial score (nSPS) is 16.6. The maximum Gasteiger partial charge on any atom is 0.232 e. The molecule has 36 heavy (non-hydrogen) atoms. The van der Waals surface area contributed by atoms with Gasteiger partial charge in [0.2, 0.25) is 5.91 Å². The number of carbonyl (C=O) groups is 1. The van der Waals surface area contributed by atoms with Crippen molar-refractivity contribution < 1.29 is 18.7 Å². The van der Waals surface area contributed by atoms with Crippen LogP contribution >= 0.6 is 0 Å². The highest BCUT2D eigenvalue weighted by Crippen LogP contribution is 2.40. The quantitative estimate of drug-likeness (QED) is 0.418. The monoisotopic (exact) mass is 490 g/mol. The second-order valence-corrected chi connectivity index (χ2v) is 10.1. The van der Waals surface area contributed by atoms with Crippen molar-refractivity contribution in [2.45, 2.75) is 50.2 Å². The van der Waals surface area contributed by atoms with Crippen molar-refractivity contribution in [3.05, 3.63) is 95.8 Å². The van der Waals surface area contributed by atoms with Gasteiger partial charge >= 0.3 is 0 Å². The van der Waals surface area contributed by atoms with Crippen molar-refractivity contribution in [1.82, 2.24) is 4.90 Å². The second kappa shape index (κ2) is 10.7. The molecule has 3 aromatic carbocycles. The van der Waals surface area contributed by atoms with Gasteiger partial charge in [-0.3, -0.25) is 9.69 Å². The van der Waals surface area contributed by atoms with E-state index in [0.717, 1.165) is 37.1 Å². The molecule has 1 atom stereocenters. The van der Waals surface area contributed by atoms with Crippen LogP contribution in [0.25, 0.3) is 0 Å². The number of carbonyl (C=O) groups excluding carboxylic acids is 1. The van der Waals surface area contributed by atoms with Crippen molar-refractivity contribution in [2.75, 3.05) is 20.2 Å². The summed E-state index contributed by atoms with van der Waals surface area (Å²) in [6.07, 6.45) is 2.20. The molecule has 1 fully saturated rings. The van der Waals surface area contributed by atoms with E-state index in [9.17, 15) is 9.18 Å². The summed E-state index contributed by atoms with van der Waals surface area (Å²) in [6.45, 7) is 6.03. The van der Waals surface area contributed by atoms with E-state index in [2.05, 4.69) is 18.7 Å². The van der Waals surface area contributed by atoms with Crippen molar-refractivity contribution in [3.8, 4) is 11.5 Å². The Hall–Kier alpha value is -3.38. The first kappa shape index (κ1) is 25.7. The van der Waals surface area contributed by atoms with Gasteiger partial charge < -0.3 is 15.2 Å². The Labute approximate surface area is 213 Å². The minimum Gasteiger partial charge on any atom is -0.494 e. The fourth-order valence-corrected chi connectivity index (χ4v) is 5.24. The van der Waals surface area contributed by atoms with Gasteiger partial charge in [0.05, 0.1) is 12.5 Å². The molecule has 0 bridgehead atoms. The summed E-state index contributed by atoms with van der Waals surface area (Å²) in [5, 5.41) is 0. The fourth-order valence-electron chi connectivity index (χ4n) is 5.24. The zero-order valence-electron chi connectivity index (χ0n) is 21.2. The molecule has 3 aromatic rings. The van der Waals surface area contributed by atoms with Crippen LogP contribution in [0.2, 0.25) is 0 Å². The van der Waals surface area contributed by atoms with Gasteiger partial charge in [-0.25, -0.2) is 4.39 Å². The molecule has 190 valence electrons. The number of benzene rings is 3. The zero-order valence-corrected chi connectivity index (χ0v) is 21.2. The molecule has 1 unspecified atom stereocenters. The van der Waals surface area contributed by atoms with Crippen LogP contribution in [0, 0.1) is 5.82 Å². The van der Waals surface area contributed by atoms with Crippen molar-refractivity contribution in [1.29, 1.82) is 0 Å². The van der Waals surface area contributed by atoms with Gasteiger partial charge in [-0.15, -0.1) is 0 Å². The predicted octanol–water partition coefficient (Wildman–Crippen LogP) is 5.32. The SMILES string of the molecule is COc1cc(OC2CCN(C(C)(C)CCC(C(N)=O)(c3ccccc3)c3ccccc3)C2)ccc1F. The number of nitrogens with two attached hydrogens (primary N) is 1. The summed E-state index contributed by atoms with van der Waals surface area (Å²) in [5.74, 6) is 0.0171. The third-order valence-corrected chi connectivity index (χ3v) is 7.49. The first-order valence-electron chi connectivity index (χ1n) is 12.4. The van der Waals surface area contributed by atoms with Gasteiger partial charge in [0.25, 0.3) is 0 Å². The fraction of sp³-hybridized carbons (Fsp3) is 0.367. The first-order chi connectivity index (χ1) is 17.3. The average Bonchev–Trinajstić information content (AvgIpc) is 3.36. The Balaban J connectivity index is 1.51. The van der Waals surface area contributed by atoms with Gasteiger partial charge in [0, 0.05) is 24.7 Å². The maximum atomic E-state index is 13.8. The van der Waals surface area contributed by atoms with Crippen LogP contribution in [-0.4, -0.2) is 42.6 Å². The van der Waals surface area contributed by atoms with Crippen LogP contribution in [0.15, 0.2) is 78.9 Å². The summed E-state index contributed by atoms with van der Waals surface area (Å²) in [5.41, 5.74) is 6.86. The van der Waals surface area contributed by atoms with E-state index in [1.54, 1.807) is 12.1 Å². The molecule has 2 N–H and O–H groups in total. The number of amides is 1. The number of hydrogen-bond donors (Lipinski definition) is 1. The summed E-state index contributed by atoms with van der Waals surface area (Å²) in [4.78, 5) is 15.5. The second-order valence-electron chi connectivity index (χ2n) is 10.1. The smallest absolute Gasteiger partial charge is 0.232 e. The lowest BCUT2D eigenvalue weighted by atomic mass is 9.69. The summed E-state index contributed by atoms with van der Waals surface area (Å²) in [7, 11) is 1.44. The molecule has 0 spiro atoms. The first-order valence-corrected chi connectivity index (χ1v) is 12.4. The number of methoxy groups -OCH3 is 1. The third kappa shape index (κ3) is 5.24. The van der Waals surface area contributed by atoms with Crippen LogP contribution in [0.1, 0.15) is 44.2 Å². The number of nitrogens with zero attached hydrogens (tertiary/aromatic N) is 1. The molecule has 1 aliphatic heterocycles. The number of rotatable bonds is 10. The van der Waals surface area contributed by atoms with E-state index < -0.39 is 11.2 Å². The molecule has 0 radical (unpaired) electrons. The Morgan fingerprint density at radius 3 is 2.17 bits per heavy atom. The molecule has 0 aliphatic carbocycles. The van der Waals surface area contributed by atoms with Gasteiger partial charge in [-0.05, 0) is 56.4 Å². The molecule has 1 amide bonds. The molecule has 6 heteroatoms. The lowest BCUT2D eigenvalue weighted by Crippen LogP contribution is -2.47. The summed E-state index contributed by atoms with van der Waals surface area (Å²) in [6, 6.07) is 24.2. The summed E-state index contributed by atoms with van der Waals surface area (Å²) >= 11 is 0. The topological polar surface area (TPSA) is 64.8 Å². The van der Waals surface area contributed by atoms with E-state index in [4.69, 9.17) is 15.2 Å². The Morgan fingerprint density at radius 1 is 1.00 bits per heavy atom. The molecule has 1 heterocycles. The standard InChI is InChI=1S/C30H35FN2O3/c1-29(2,33-19-16-25(21-33)36-24-14-15-26(31)27(20-24)35-3)17-18-30(28(32)34,22-10-6-4-7-11-22)23-12-8-5-9-13-23/h4-15,20,25H,16-19,21H2,1-3H3,(H2,32,34). The van der Waals surface area contributed by atoms with Crippen molar-refractivity contribution in [3.63, 3.8) is 0 Å². The van der Waals surface area contributed by atoms with Crippen LogP contribution in [0.5, 0.6) is 11.5 Å². The Bertz CT molecular complexity index is 1130.